The van der Waals surface area contributed by atoms with Crippen LogP contribution in [0.15, 0.2) is 23.8 Å². The van der Waals surface area contributed by atoms with Crippen LogP contribution in [-0.2, 0) is 9.53 Å². The molecular weight excluding hydrogens is 296 g/mol. The van der Waals surface area contributed by atoms with E-state index in [2.05, 4.69) is 5.32 Å². The number of hydrogen-bond donors (Lipinski definition) is 1. The highest BCUT2D eigenvalue weighted by molar-refractivity contribution is 5.95. The minimum atomic E-state index is -0.479. The van der Waals surface area contributed by atoms with E-state index in [4.69, 9.17) is 9.47 Å². The fraction of sp³-hybridized carbons (Fsp3) is 0.412. The monoisotopic (exact) mass is 316 g/mol. The first kappa shape index (κ1) is 15.4. The van der Waals surface area contributed by atoms with Crippen LogP contribution in [0.5, 0.6) is 5.75 Å². The van der Waals surface area contributed by atoms with Gasteiger partial charge in [-0.3, -0.25) is 4.79 Å². The number of carbonyl (C=O) groups excluding carboxylic acids is 2. The Morgan fingerprint density at radius 2 is 2.09 bits per heavy atom. The maximum Gasteiger partial charge on any atom is 0.410 e. The molecule has 0 radical (unpaired) electrons. The number of carbonyl (C=O) groups is 2. The fourth-order valence-electron chi connectivity index (χ4n) is 2.42. The predicted octanol–water partition coefficient (Wildman–Crippen LogP) is 2.65. The van der Waals surface area contributed by atoms with Gasteiger partial charge in [-0.2, -0.15) is 0 Å². The van der Waals surface area contributed by atoms with Gasteiger partial charge in [-0.15, -0.1) is 0 Å². The zero-order valence-corrected chi connectivity index (χ0v) is 13.5. The molecule has 0 aromatic heterocycles. The molecule has 6 nitrogen and oxygen atoms in total. The molecule has 1 aromatic carbocycles. The zero-order valence-electron chi connectivity index (χ0n) is 13.5. The summed E-state index contributed by atoms with van der Waals surface area (Å²) >= 11 is 0. The molecule has 2 amide bonds. The molecule has 0 bridgehead atoms. The third-order valence-corrected chi connectivity index (χ3v) is 3.45. The van der Waals surface area contributed by atoms with E-state index in [0.717, 1.165) is 11.1 Å². The molecule has 1 N–H and O–H groups in total. The molecule has 1 fully saturated rings. The molecule has 2 aliphatic rings. The van der Waals surface area contributed by atoms with Crippen molar-refractivity contribution < 1.29 is 19.1 Å². The van der Waals surface area contributed by atoms with E-state index in [1.165, 1.54) is 0 Å². The largest absolute Gasteiger partial charge is 0.482 e. The van der Waals surface area contributed by atoms with Crippen LogP contribution in [0.25, 0.3) is 6.08 Å². The Kier molecular flexibility index (Phi) is 3.75. The summed E-state index contributed by atoms with van der Waals surface area (Å²) in [6.07, 6.45) is 1.72. The van der Waals surface area contributed by atoms with Crippen molar-refractivity contribution >= 4 is 23.8 Å². The van der Waals surface area contributed by atoms with E-state index in [1.807, 2.05) is 45.0 Å². The fourth-order valence-corrected chi connectivity index (χ4v) is 2.42. The SMILES string of the molecule is CC(C)(C)OC(=O)N1CC(=Cc2ccc3c(c2)NC(=O)CO3)C1. The summed E-state index contributed by atoms with van der Waals surface area (Å²) in [6, 6.07) is 5.64. The van der Waals surface area contributed by atoms with Gasteiger partial charge >= 0.3 is 6.09 Å². The summed E-state index contributed by atoms with van der Waals surface area (Å²) in [5.41, 5.74) is 2.30. The van der Waals surface area contributed by atoms with Crippen LogP contribution < -0.4 is 10.1 Å². The van der Waals surface area contributed by atoms with Crippen molar-refractivity contribution in [2.75, 3.05) is 25.0 Å². The van der Waals surface area contributed by atoms with Crippen LogP contribution in [0.2, 0.25) is 0 Å². The van der Waals surface area contributed by atoms with Crippen molar-refractivity contribution in [3.05, 3.63) is 29.3 Å². The van der Waals surface area contributed by atoms with Gasteiger partial charge in [0.15, 0.2) is 6.61 Å². The van der Waals surface area contributed by atoms with E-state index in [9.17, 15) is 9.59 Å². The van der Waals surface area contributed by atoms with Crippen molar-refractivity contribution in [1.82, 2.24) is 4.90 Å². The van der Waals surface area contributed by atoms with E-state index >= 15 is 0 Å². The summed E-state index contributed by atoms with van der Waals surface area (Å²) in [5, 5.41) is 2.78. The first-order valence-corrected chi connectivity index (χ1v) is 7.54. The van der Waals surface area contributed by atoms with E-state index in [0.29, 0.717) is 24.5 Å². The highest BCUT2D eigenvalue weighted by Crippen LogP contribution is 2.30. The minimum absolute atomic E-state index is 0.0539. The summed E-state index contributed by atoms with van der Waals surface area (Å²) in [6.45, 7) is 6.74. The Balaban J connectivity index is 1.63. The molecule has 1 aromatic rings. The normalized spacial score (nSPS) is 16.7. The van der Waals surface area contributed by atoms with Crippen LogP contribution in [-0.4, -0.2) is 42.2 Å². The Bertz CT molecular complexity index is 680. The second-order valence-electron chi connectivity index (χ2n) is 6.73. The smallest absolute Gasteiger partial charge is 0.410 e. The van der Waals surface area contributed by atoms with Gasteiger partial charge in [-0.25, -0.2) is 4.79 Å². The maximum atomic E-state index is 11.9. The van der Waals surface area contributed by atoms with E-state index in [1.54, 1.807) is 4.90 Å². The third kappa shape index (κ3) is 3.64. The van der Waals surface area contributed by atoms with Gasteiger partial charge in [0.2, 0.25) is 0 Å². The van der Waals surface area contributed by atoms with Gasteiger partial charge < -0.3 is 19.7 Å². The molecule has 23 heavy (non-hydrogen) atoms. The first-order chi connectivity index (χ1) is 10.8. The minimum Gasteiger partial charge on any atom is -0.482 e. The molecule has 3 rings (SSSR count). The van der Waals surface area contributed by atoms with Gasteiger partial charge in [-0.1, -0.05) is 12.1 Å². The van der Waals surface area contributed by atoms with Crippen LogP contribution in [0.4, 0.5) is 10.5 Å². The standard InChI is InChI=1S/C17H20N2O4/c1-17(2,3)23-16(21)19-8-12(9-19)6-11-4-5-14-13(7-11)18-15(20)10-22-14/h4-7H,8-10H2,1-3H3,(H,18,20). The number of likely N-dealkylation sites (tertiary alicyclic amines) is 1. The van der Waals surface area contributed by atoms with E-state index < -0.39 is 5.60 Å². The summed E-state index contributed by atoms with van der Waals surface area (Å²) in [5.74, 6) is 0.526. The highest BCUT2D eigenvalue weighted by Gasteiger charge is 2.29. The molecule has 2 aliphatic heterocycles. The molecule has 1 saturated heterocycles. The van der Waals surface area contributed by atoms with Crippen LogP contribution in [0.3, 0.4) is 0 Å². The van der Waals surface area contributed by atoms with Crippen molar-refractivity contribution in [1.29, 1.82) is 0 Å². The lowest BCUT2D eigenvalue weighted by atomic mass is 10.0. The molecular formula is C17H20N2O4. The van der Waals surface area contributed by atoms with Crippen LogP contribution in [0.1, 0.15) is 26.3 Å². The van der Waals surface area contributed by atoms with Crippen LogP contribution in [0, 0.1) is 0 Å². The quantitative estimate of drug-likeness (QED) is 0.865. The Morgan fingerprint density at radius 1 is 1.35 bits per heavy atom. The Hall–Kier alpha value is -2.50. The lowest BCUT2D eigenvalue weighted by molar-refractivity contribution is -0.118. The van der Waals surface area contributed by atoms with Gasteiger partial charge in [0.05, 0.1) is 5.69 Å². The maximum absolute atomic E-state index is 11.9. The molecule has 0 unspecified atom stereocenters. The molecule has 0 aliphatic carbocycles. The number of benzene rings is 1. The van der Waals surface area contributed by atoms with Gasteiger partial charge in [0.1, 0.15) is 11.4 Å². The average Bonchev–Trinajstić information content (AvgIpc) is 2.39. The zero-order chi connectivity index (χ0) is 16.6. The molecule has 2 heterocycles. The summed E-state index contributed by atoms with van der Waals surface area (Å²) in [7, 11) is 0. The lowest BCUT2D eigenvalue weighted by Gasteiger charge is -2.35. The number of nitrogens with zero attached hydrogens (tertiary/aromatic N) is 1. The summed E-state index contributed by atoms with van der Waals surface area (Å²) in [4.78, 5) is 24.9. The van der Waals surface area contributed by atoms with Crippen LogP contribution >= 0.6 is 0 Å². The number of anilines is 1. The second kappa shape index (κ2) is 5.61. The van der Waals surface area contributed by atoms with Crippen molar-refractivity contribution in [2.45, 2.75) is 26.4 Å². The Labute approximate surface area is 135 Å². The number of hydrogen-bond acceptors (Lipinski definition) is 4. The number of fused-ring (bicyclic) bond motifs is 1. The average molecular weight is 316 g/mol. The molecule has 6 heteroatoms. The van der Waals surface area contributed by atoms with E-state index in [-0.39, 0.29) is 18.6 Å². The van der Waals surface area contributed by atoms with Crippen molar-refractivity contribution in [3.8, 4) is 5.75 Å². The molecule has 0 saturated carbocycles. The molecule has 0 atom stereocenters. The number of nitrogens with one attached hydrogen (secondary N) is 1. The first-order valence-electron chi connectivity index (χ1n) is 7.54. The predicted molar refractivity (Wildman–Crippen MR) is 86.4 cm³/mol. The number of ether oxygens (including phenoxy) is 2. The number of amides is 2. The molecule has 122 valence electrons. The van der Waals surface area contributed by atoms with Gasteiger partial charge in [0, 0.05) is 13.1 Å². The Morgan fingerprint density at radius 3 is 2.78 bits per heavy atom. The third-order valence-electron chi connectivity index (χ3n) is 3.45. The molecule has 0 spiro atoms. The summed E-state index contributed by atoms with van der Waals surface area (Å²) < 4.78 is 10.7. The van der Waals surface area contributed by atoms with Gasteiger partial charge in [-0.05, 0) is 44.0 Å². The van der Waals surface area contributed by atoms with Gasteiger partial charge in [0.25, 0.3) is 5.91 Å². The highest BCUT2D eigenvalue weighted by atomic mass is 16.6. The topological polar surface area (TPSA) is 67.9 Å². The second-order valence-corrected chi connectivity index (χ2v) is 6.73. The van der Waals surface area contributed by atoms with Crippen molar-refractivity contribution in [2.24, 2.45) is 0 Å². The number of rotatable bonds is 1. The lowest BCUT2D eigenvalue weighted by Crippen LogP contribution is -2.46. The van der Waals surface area contributed by atoms with Crippen molar-refractivity contribution in [3.63, 3.8) is 0 Å².